The van der Waals surface area contributed by atoms with Crippen LogP contribution in [0.3, 0.4) is 0 Å². The molecule has 1 heterocycles. The van der Waals surface area contributed by atoms with Crippen molar-refractivity contribution in [1.29, 1.82) is 0 Å². The molecule has 1 fully saturated rings. The number of nitrogens with zero attached hydrogens (tertiary/aromatic N) is 1. The molecule has 1 atom stereocenters. The first-order valence-electron chi connectivity index (χ1n) is 6.42. The fraction of sp³-hybridized carbons (Fsp3) is 0.500. The second kappa shape index (κ2) is 6.48. The minimum absolute atomic E-state index is 0.232. The van der Waals surface area contributed by atoms with Gasteiger partial charge in [-0.15, -0.1) is 0 Å². The maximum Gasteiger partial charge on any atom is 0.303 e. The van der Waals surface area contributed by atoms with E-state index in [4.69, 9.17) is 5.11 Å². The first-order valence-corrected chi connectivity index (χ1v) is 7.22. The molecule has 0 aliphatic carbocycles. The average Bonchev–Trinajstić information content (AvgIpc) is 2.33. The van der Waals surface area contributed by atoms with Gasteiger partial charge in [-0.2, -0.15) is 0 Å². The summed E-state index contributed by atoms with van der Waals surface area (Å²) in [5.41, 5.74) is 1.05. The number of hydrogen-bond donors (Lipinski definition) is 1. The zero-order valence-corrected chi connectivity index (χ0v) is 12.2. The first kappa shape index (κ1) is 14.5. The largest absolute Gasteiger partial charge is 0.481 e. The van der Waals surface area contributed by atoms with Crippen molar-refractivity contribution in [2.75, 3.05) is 13.1 Å². The van der Waals surface area contributed by atoms with Crippen molar-refractivity contribution in [3.05, 3.63) is 34.1 Å². The summed E-state index contributed by atoms with van der Waals surface area (Å²) in [7, 11) is 0. The Morgan fingerprint density at radius 2 is 2.32 bits per heavy atom. The van der Waals surface area contributed by atoms with E-state index in [1.807, 2.05) is 0 Å². The number of carbonyl (C=O) groups is 1. The SMILES string of the molecule is O=C(O)CC1CCCN(Cc2ccc(F)c(Br)c2)C1. The molecule has 0 radical (unpaired) electrons. The molecule has 1 aliphatic rings. The van der Waals surface area contributed by atoms with Gasteiger partial charge < -0.3 is 5.11 Å². The van der Waals surface area contributed by atoms with Crippen LogP contribution in [-0.4, -0.2) is 29.1 Å². The highest BCUT2D eigenvalue weighted by atomic mass is 79.9. The number of likely N-dealkylation sites (tertiary alicyclic amines) is 1. The molecule has 104 valence electrons. The molecule has 5 heteroatoms. The Balaban J connectivity index is 1.94. The molecule has 1 aliphatic heterocycles. The molecule has 19 heavy (non-hydrogen) atoms. The Labute approximate surface area is 120 Å². The molecule has 0 amide bonds. The summed E-state index contributed by atoms with van der Waals surface area (Å²) in [6, 6.07) is 5.02. The number of halogens is 2. The van der Waals surface area contributed by atoms with Crippen LogP contribution >= 0.6 is 15.9 Å². The standard InChI is InChI=1S/C14H17BrFNO2/c15-12-6-11(3-4-13(12)16)9-17-5-1-2-10(8-17)7-14(18)19/h3-4,6,10H,1-2,5,7-9H2,(H,18,19). The van der Waals surface area contributed by atoms with Crippen molar-refractivity contribution in [1.82, 2.24) is 4.90 Å². The van der Waals surface area contributed by atoms with Crippen molar-refractivity contribution >= 4 is 21.9 Å². The van der Waals surface area contributed by atoms with Gasteiger partial charge in [-0.3, -0.25) is 9.69 Å². The van der Waals surface area contributed by atoms with E-state index in [0.29, 0.717) is 4.47 Å². The van der Waals surface area contributed by atoms with Gasteiger partial charge in [0.2, 0.25) is 0 Å². The maximum absolute atomic E-state index is 13.2. The third-order valence-electron chi connectivity index (χ3n) is 3.46. The Bertz CT molecular complexity index is 467. The van der Waals surface area contributed by atoms with E-state index in [2.05, 4.69) is 20.8 Å². The van der Waals surface area contributed by atoms with Gasteiger partial charge in [0, 0.05) is 19.5 Å². The van der Waals surface area contributed by atoms with E-state index >= 15 is 0 Å². The maximum atomic E-state index is 13.2. The monoisotopic (exact) mass is 329 g/mol. The summed E-state index contributed by atoms with van der Waals surface area (Å²) < 4.78 is 13.6. The molecular weight excluding hydrogens is 313 g/mol. The van der Waals surface area contributed by atoms with E-state index in [-0.39, 0.29) is 18.2 Å². The van der Waals surface area contributed by atoms with Gasteiger partial charge >= 0.3 is 5.97 Å². The summed E-state index contributed by atoms with van der Waals surface area (Å²) >= 11 is 3.18. The number of aliphatic carboxylic acids is 1. The van der Waals surface area contributed by atoms with Crippen molar-refractivity contribution < 1.29 is 14.3 Å². The molecule has 2 rings (SSSR count). The van der Waals surface area contributed by atoms with Crippen molar-refractivity contribution in [3.8, 4) is 0 Å². The molecule has 1 unspecified atom stereocenters. The quantitative estimate of drug-likeness (QED) is 0.921. The Morgan fingerprint density at radius 3 is 3.00 bits per heavy atom. The summed E-state index contributed by atoms with van der Waals surface area (Å²) in [4.78, 5) is 13.0. The van der Waals surface area contributed by atoms with Gasteiger partial charge in [0.1, 0.15) is 5.82 Å². The lowest BCUT2D eigenvalue weighted by Crippen LogP contribution is -2.35. The molecular formula is C14H17BrFNO2. The van der Waals surface area contributed by atoms with Gasteiger partial charge in [0.25, 0.3) is 0 Å². The summed E-state index contributed by atoms with van der Waals surface area (Å²) in [6.07, 6.45) is 2.25. The molecule has 0 spiro atoms. The molecule has 3 nitrogen and oxygen atoms in total. The topological polar surface area (TPSA) is 40.5 Å². The molecule has 1 aromatic rings. The zero-order valence-electron chi connectivity index (χ0n) is 10.6. The number of benzene rings is 1. The Morgan fingerprint density at radius 1 is 1.53 bits per heavy atom. The lowest BCUT2D eigenvalue weighted by Gasteiger charge is -2.32. The number of rotatable bonds is 4. The van der Waals surface area contributed by atoms with Crippen LogP contribution in [0.5, 0.6) is 0 Å². The second-order valence-electron chi connectivity index (χ2n) is 5.09. The Kier molecular flexibility index (Phi) is 4.93. The van der Waals surface area contributed by atoms with Gasteiger partial charge in [-0.25, -0.2) is 4.39 Å². The van der Waals surface area contributed by atoms with Crippen LogP contribution < -0.4 is 0 Å². The van der Waals surface area contributed by atoms with Gasteiger partial charge in [-0.1, -0.05) is 6.07 Å². The molecule has 1 N–H and O–H groups in total. The number of piperidine rings is 1. The fourth-order valence-corrected chi connectivity index (χ4v) is 3.03. The summed E-state index contributed by atoms with van der Waals surface area (Å²) in [5.74, 6) is -0.752. The second-order valence-corrected chi connectivity index (χ2v) is 5.94. The van der Waals surface area contributed by atoms with Crippen molar-refractivity contribution in [2.45, 2.75) is 25.8 Å². The van der Waals surface area contributed by atoms with Gasteiger partial charge in [0.15, 0.2) is 0 Å². The highest BCUT2D eigenvalue weighted by Crippen LogP contribution is 2.23. The van der Waals surface area contributed by atoms with Crippen LogP contribution in [0.2, 0.25) is 0 Å². The van der Waals surface area contributed by atoms with Crippen LogP contribution in [-0.2, 0) is 11.3 Å². The highest BCUT2D eigenvalue weighted by Gasteiger charge is 2.22. The van der Waals surface area contributed by atoms with Crippen LogP contribution in [0.25, 0.3) is 0 Å². The van der Waals surface area contributed by atoms with Gasteiger partial charge in [-0.05, 0) is 58.9 Å². The number of carboxylic acid groups (broad SMARTS) is 1. The van der Waals surface area contributed by atoms with E-state index in [9.17, 15) is 9.18 Å². The lowest BCUT2D eigenvalue weighted by molar-refractivity contribution is -0.138. The third kappa shape index (κ3) is 4.28. The van der Waals surface area contributed by atoms with Crippen molar-refractivity contribution in [2.24, 2.45) is 5.92 Å². The number of carboxylic acids is 1. The number of hydrogen-bond acceptors (Lipinski definition) is 2. The van der Waals surface area contributed by atoms with E-state index < -0.39 is 5.97 Å². The predicted octanol–water partition coefficient (Wildman–Crippen LogP) is 3.27. The van der Waals surface area contributed by atoms with Crippen LogP contribution in [0.4, 0.5) is 4.39 Å². The highest BCUT2D eigenvalue weighted by molar-refractivity contribution is 9.10. The van der Waals surface area contributed by atoms with Gasteiger partial charge in [0.05, 0.1) is 4.47 Å². The predicted molar refractivity (Wildman–Crippen MR) is 74.4 cm³/mol. The Hall–Kier alpha value is -0.940. The molecule has 0 saturated carbocycles. The molecule has 0 aromatic heterocycles. The van der Waals surface area contributed by atoms with Crippen LogP contribution in [0.15, 0.2) is 22.7 Å². The minimum Gasteiger partial charge on any atom is -0.481 e. The summed E-state index contributed by atoms with van der Waals surface area (Å²) in [6.45, 7) is 2.53. The third-order valence-corrected chi connectivity index (χ3v) is 4.06. The average molecular weight is 330 g/mol. The minimum atomic E-state index is -0.726. The van der Waals surface area contributed by atoms with E-state index in [1.165, 1.54) is 6.07 Å². The van der Waals surface area contributed by atoms with E-state index in [0.717, 1.165) is 38.0 Å². The zero-order chi connectivity index (χ0) is 13.8. The molecule has 1 aromatic carbocycles. The van der Waals surface area contributed by atoms with Crippen LogP contribution in [0, 0.1) is 11.7 Å². The van der Waals surface area contributed by atoms with Crippen molar-refractivity contribution in [3.63, 3.8) is 0 Å². The molecule has 1 saturated heterocycles. The lowest BCUT2D eigenvalue weighted by atomic mass is 9.94. The molecule has 0 bridgehead atoms. The van der Waals surface area contributed by atoms with Crippen LogP contribution in [0.1, 0.15) is 24.8 Å². The van der Waals surface area contributed by atoms with E-state index in [1.54, 1.807) is 12.1 Å². The smallest absolute Gasteiger partial charge is 0.303 e. The first-order chi connectivity index (χ1) is 9.04. The normalized spacial score (nSPS) is 20.4. The summed E-state index contributed by atoms with van der Waals surface area (Å²) in [5, 5.41) is 8.84. The fourth-order valence-electron chi connectivity index (χ4n) is 2.60.